The molecule has 0 aliphatic heterocycles. The molecule has 1 atom stereocenters. The second-order valence-corrected chi connectivity index (χ2v) is 4.57. The predicted octanol–water partition coefficient (Wildman–Crippen LogP) is 3.65. The molecule has 1 aromatic rings. The van der Waals surface area contributed by atoms with Crippen LogP contribution in [0, 0.1) is 10.1 Å². The van der Waals surface area contributed by atoms with Crippen LogP contribution in [0.2, 0.25) is 0 Å². The van der Waals surface area contributed by atoms with Crippen molar-refractivity contribution >= 4 is 17.1 Å². The number of benzene rings is 1. The van der Waals surface area contributed by atoms with E-state index in [0.717, 1.165) is 16.0 Å². The molecule has 2 rings (SSSR count). The number of allylic oxidation sites excluding steroid dienone is 3. The molecule has 0 heterocycles. The van der Waals surface area contributed by atoms with Gasteiger partial charge >= 0.3 is 0 Å². The molecule has 0 saturated heterocycles. The zero-order chi connectivity index (χ0) is 13.1. The van der Waals surface area contributed by atoms with Gasteiger partial charge in [0.05, 0.1) is 4.92 Å². The van der Waals surface area contributed by atoms with Crippen LogP contribution in [0.1, 0.15) is 24.8 Å². The summed E-state index contributed by atoms with van der Waals surface area (Å²) >= 11 is 5.35. The maximum absolute atomic E-state index is 11.1. The zero-order valence-electron chi connectivity index (χ0n) is 10.00. The van der Waals surface area contributed by atoms with Gasteiger partial charge in [0, 0.05) is 22.4 Å². The third-order valence-corrected chi connectivity index (χ3v) is 3.45. The summed E-state index contributed by atoms with van der Waals surface area (Å²) in [6.07, 6.45) is 3.81. The highest BCUT2D eigenvalue weighted by Gasteiger charge is 2.29. The van der Waals surface area contributed by atoms with Crippen LogP contribution in [0.4, 0.5) is 0 Å². The van der Waals surface area contributed by atoms with Crippen LogP contribution in [0.3, 0.4) is 0 Å². The fourth-order valence-corrected chi connectivity index (χ4v) is 2.60. The molecule has 0 fully saturated rings. The van der Waals surface area contributed by atoms with Crippen LogP contribution < -0.4 is 0 Å². The summed E-state index contributed by atoms with van der Waals surface area (Å²) in [5.41, 5.74) is 1.99. The summed E-state index contributed by atoms with van der Waals surface area (Å²) < 4.78 is 0. The standard InChI is InChI=1S/C14H13NO2S/c1-2-11-12(15(16)17)8-9-13(18)14(11)10-6-4-3-5-7-10/h3-9,14H,2H2,1H3. The minimum atomic E-state index is -0.326. The molecule has 0 N–H and O–H groups in total. The summed E-state index contributed by atoms with van der Waals surface area (Å²) in [7, 11) is 0. The first-order valence-electron chi connectivity index (χ1n) is 5.79. The molecular weight excluding hydrogens is 246 g/mol. The first-order valence-corrected chi connectivity index (χ1v) is 6.20. The number of thiocarbonyl (C=S) groups is 1. The molecule has 18 heavy (non-hydrogen) atoms. The van der Waals surface area contributed by atoms with Crippen molar-refractivity contribution in [2.24, 2.45) is 0 Å². The van der Waals surface area contributed by atoms with Crippen LogP contribution in [0.25, 0.3) is 0 Å². The van der Waals surface area contributed by atoms with Gasteiger partial charge in [-0.05, 0) is 18.1 Å². The molecule has 0 spiro atoms. The van der Waals surface area contributed by atoms with Gasteiger partial charge in [-0.3, -0.25) is 10.1 Å². The number of nitrogens with zero attached hydrogens (tertiary/aromatic N) is 1. The van der Waals surface area contributed by atoms with E-state index in [-0.39, 0.29) is 16.5 Å². The fraction of sp³-hybridized carbons (Fsp3) is 0.214. The smallest absolute Gasteiger partial charge is 0.258 e. The Morgan fingerprint density at radius 2 is 1.94 bits per heavy atom. The molecule has 4 heteroatoms. The lowest BCUT2D eigenvalue weighted by Crippen LogP contribution is -2.18. The van der Waals surface area contributed by atoms with Crippen molar-refractivity contribution in [3.8, 4) is 0 Å². The van der Waals surface area contributed by atoms with Crippen LogP contribution >= 0.6 is 12.2 Å². The molecule has 0 aromatic heterocycles. The molecule has 0 saturated carbocycles. The molecule has 0 amide bonds. The number of hydrogen-bond donors (Lipinski definition) is 0. The van der Waals surface area contributed by atoms with Gasteiger partial charge in [0.25, 0.3) is 5.70 Å². The Morgan fingerprint density at radius 1 is 1.28 bits per heavy atom. The van der Waals surface area contributed by atoms with Gasteiger partial charge in [-0.1, -0.05) is 49.5 Å². The predicted molar refractivity (Wildman–Crippen MR) is 75.2 cm³/mol. The number of nitro groups is 1. The van der Waals surface area contributed by atoms with Gasteiger partial charge in [0.15, 0.2) is 0 Å². The zero-order valence-corrected chi connectivity index (χ0v) is 10.8. The lowest BCUT2D eigenvalue weighted by Gasteiger charge is -2.22. The normalized spacial score (nSPS) is 19.2. The molecule has 0 radical (unpaired) electrons. The van der Waals surface area contributed by atoms with Crippen molar-refractivity contribution in [1.82, 2.24) is 0 Å². The largest absolute Gasteiger partial charge is 0.269 e. The van der Waals surface area contributed by atoms with E-state index < -0.39 is 0 Å². The SMILES string of the molecule is CCC1=C([N+](=O)[O-])C=CC(=S)C1c1ccccc1. The fourth-order valence-electron chi connectivity index (χ4n) is 2.26. The summed E-state index contributed by atoms with van der Waals surface area (Å²) in [4.78, 5) is 11.5. The molecule has 1 aromatic carbocycles. The molecular formula is C14H13NO2S. The molecule has 1 aliphatic carbocycles. The van der Waals surface area contributed by atoms with E-state index >= 15 is 0 Å². The minimum Gasteiger partial charge on any atom is -0.258 e. The molecule has 1 unspecified atom stereocenters. The van der Waals surface area contributed by atoms with Gasteiger partial charge in [-0.2, -0.15) is 0 Å². The molecule has 1 aliphatic rings. The summed E-state index contributed by atoms with van der Waals surface area (Å²) in [5, 5.41) is 11.1. The Hall–Kier alpha value is -1.81. The Morgan fingerprint density at radius 3 is 2.50 bits per heavy atom. The second kappa shape index (κ2) is 5.23. The Balaban J connectivity index is 2.54. The van der Waals surface area contributed by atoms with E-state index in [0.29, 0.717) is 6.42 Å². The van der Waals surface area contributed by atoms with Crippen molar-refractivity contribution in [2.45, 2.75) is 19.3 Å². The summed E-state index contributed by atoms with van der Waals surface area (Å²) in [6, 6.07) is 9.70. The number of rotatable bonds is 3. The summed E-state index contributed by atoms with van der Waals surface area (Å²) in [5.74, 6) is -0.142. The van der Waals surface area contributed by atoms with Crippen molar-refractivity contribution in [3.05, 3.63) is 69.4 Å². The monoisotopic (exact) mass is 259 g/mol. The molecule has 3 nitrogen and oxygen atoms in total. The van der Waals surface area contributed by atoms with Crippen LogP contribution in [-0.2, 0) is 0 Å². The minimum absolute atomic E-state index is 0.142. The topological polar surface area (TPSA) is 43.1 Å². The van der Waals surface area contributed by atoms with Crippen molar-refractivity contribution in [3.63, 3.8) is 0 Å². The van der Waals surface area contributed by atoms with Gasteiger partial charge in [0.1, 0.15) is 0 Å². The molecule has 0 bridgehead atoms. The van der Waals surface area contributed by atoms with Gasteiger partial charge < -0.3 is 0 Å². The van der Waals surface area contributed by atoms with Gasteiger partial charge in [-0.15, -0.1) is 0 Å². The van der Waals surface area contributed by atoms with Crippen LogP contribution in [0.15, 0.2) is 53.8 Å². The van der Waals surface area contributed by atoms with E-state index in [1.165, 1.54) is 6.08 Å². The van der Waals surface area contributed by atoms with E-state index in [4.69, 9.17) is 12.2 Å². The highest BCUT2D eigenvalue weighted by atomic mass is 32.1. The van der Waals surface area contributed by atoms with Gasteiger partial charge in [-0.25, -0.2) is 0 Å². The highest BCUT2D eigenvalue weighted by molar-refractivity contribution is 7.80. The highest BCUT2D eigenvalue weighted by Crippen LogP contribution is 2.34. The molecule has 92 valence electrons. The number of hydrogen-bond acceptors (Lipinski definition) is 3. The lowest BCUT2D eigenvalue weighted by atomic mass is 9.82. The summed E-state index contributed by atoms with van der Waals surface area (Å²) in [6.45, 7) is 1.93. The van der Waals surface area contributed by atoms with Crippen LogP contribution in [-0.4, -0.2) is 9.79 Å². The van der Waals surface area contributed by atoms with Crippen molar-refractivity contribution < 1.29 is 4.92 Å². The van der Waals surface area contributed by atoms with Gasteiger partial charge in [0.2, 0.25) is 0 Å². The van der Waals surface area contributed by atoms with E-state index in [9.17, 15) is 10.1 Å². The first kappa shape index (κ1) is 12.6. The average molecular weight is 259 g/mol. The first-order chi connectivity index (χ1) is 8.65. The Kier molecular flexibility index (Phi) is 3.67. The average Bonchev–Trinajstić information content (AvgIpc) is 2.38. The Bertz CT molecular complexity index is 546. The maximum atomic E-state index is 11.1. The van der Waals surface area contributed by atoms with E-state index in [1.54, 1.807) is 6.08 Å². The third kappa shape index (κ3) is 2.24. The third-order valence-electron chi connectivity index (χ3n) is 3.08. The van der Waals surface area contributed by atoms with E-state index in [2.05, 4.69) is 0 Å². The van der Waals surface area contributed by atoms with Crippen molar-refractivity contribution in [1.29, 1.82) is 0 Å². The van der Waals surface area contributed by atoms with Crippen molar-refractivity contribution in [2.75, 3.05) is 0 Å². The quantitative estimate of drug-likeness (QED) is 0.473. The second-order valence-electron chi connectivity index (χ2n) is 4.10. The van der Waals surface area contributed by atoms with E-state index in [1.807, 2.05) is 37.3 Å². The lowest BCUT2D eigenvalue weighted by molar-refractivity contribution is -0.420. The maximum Gasteiger partial charge on any atom is 0.269 e. The Labute approximate surface area is 111 Å². The van der Waals surface area contributed by atoms with Crippen LogP contribution in [0.5, 0.6) is 0 Å².